The van der Waals surface area contributed by atoms with Gasteiger partial charge in [-0.05, 0) is 44.7 Å². The average molecular weight is 378 g/mol. The number of nitrogens with one attached hydrogen (secondary N) is 1. The minimum atomic E-state index is -0.530. The third-order valence-corrected chi connectivity index (χ3v) is 5.53. The zero-order chi connectivity index (χ0) is 18.3. The molecule has 1 aromatic carbocycles. The van der Waals surface area contributed by atoms with Crippen LogP contribution in [0.4, 0.5) is 4.39 Å². The normalized spacial score (nSPS) is 18.9. The molecule has 1 saturated carbocycles. The minimum Gasteiger partial charge on any atom is -0.360 e. The number of likely N-dealkylation sites (tertiary alicyclic amines) is 1. The van der Waals surface area contributed by atoms with Crippen LogP contribution in [-0.4, -0.2) is 41.1 Å². The number of benzene rings is 1. The van der Waals surface area contributed by atoms with E-state index >= 15 is 0 Å². The molecule has 1 aromatic heterocycles. The molecule has 26 heavy (non-hydrogen) atoms. The van der Waals surface area contributed by atoms with Gasteiger partial charge in [0, 0.05) is 25.2 Å². The van der Waals surface area contributed by atoms with Gasteiger partial charge in [0.2, 0.25) is 0 Å². The van der Waals surface area contributed by atoms with Crippen molar-refractivity contribution >= 4 is 17.5 Å². The summed E-state index contributed by atoms with van der Waals surface area (Å²) in [6.45, 7) is 3.66. The van der Waals surface area contributed by atoms with Crippen LogP contribution in [0.1, 0.15) is 41.8 Å². The molecule has 2 fully saturated rings. The predicted molar refractivity (Wildman–Crippen MR) is 96.7 cm³/mol. The van der Waals surface area contributed by atoms with E-state index in [1.54, 1.807) is 13.0 Å². The molecule has 0 unspecified atom stereocenters. The van der Waals surface area contributed by atoms with Gasteiger partial charge in [-0.2, -0.15) is 0 Å². The molecule has 0 radical (unpaired) electrons. The number of amides is 1. The van der Waals surface area contributed by atoms with Gasteiger partial charge in [0.15, 0.2) is 0 Å². The fraction of sp³-hybridized carbons (Fsp3) is 0.474. The van der Waals surface area contributed by atoms with Crippen LogP contribution in [0, 0.1) is 12.7 Å². The van der Waals surface area contributed by atoms with Crippen molar-refractivity contribution in [3.8, 4) is 11.3 Å². The van der Waals surface area contributed by atoms with E-state index in [4.69, 9.17) is 16.1 Å². The Morgan fingerprint density at radius 2 is 2.04 bits per heavy atom. The second kappa shape index (κ2) is 7.00. The van der Waals surface area contributed by atoms with Crippen LogP contribution in [0.15, 0.2) is 22.7 Å². The lowest BCUT2D eigenvalue weighted by Crippen LogP contribution is -2.45. The number of aryl methyl sites for hydroxylation is 1. The summed E-state index contributed by atoms with van der Waals surface area (Å²) in [5, 5.41) is 7.16. The fourth-order valence-corrected chi connectivity index (χ4v) is 3.89. The summed E-state index contributed by atoms with van der Waals surface area (Å²) < 4.78 is 19.5. The summed E-state index contributed by atoms with van der Waals surface area (Å²) in [7, 11) is 0. The fourth-order valence-electron chi connectivity index (χ4n) is 3.64. The van der Waals surface area contributed by atoms with E-state index < -0.39 is 5.82 Å². The number of carbonyl (C=O) groups is 1. The van der Waals surface area contributed by atoms with Crippen molar-refractivity contribution in [2.45, 2.75) is 44.7 Å². The average Bonchev–Trinajstić information content (AvgIpc) is 3.39. The molecular weight excluding hydrogens is 357 g/mol. The number of piperidine rings is 1. The first-order valence-corrected chi connectivity index (χ1v) is 9.38. The first kappa shape index (κ1) is 17.5. The Morgan fingerprint density at radius 1 is 1.31 bits per heavy atom. The van der Waals surface area contributed by atoms with E-state index in [1.807, 2.05) is 0 Å². The van der Waals surface area contributed by atoms with Crippen LogP contribution in [0.2, 0.25) is 5.02 Å². The molecule has 0 atom stereocenters. The number of hydrogen-bond acceptors (Lipinski definition) is 4. The van der Waals surface area contributed by atoms with E-state index in [1.165, 1.54) is 25.0 Å². The summed E-state index contributed by atoms with van der Waals surface area (Å²) in [5.41, 5.74) is 0.500. The van der Waals surface area contributed by atoms with E-state index in [-0.39, 0.29) is 33.8 Å². The molecule has 1 saturated heterocycles. The maximum Gasteiger partial charge on any atom is 0.257 e. The van der Waals surface area contributed by atoms with Crippen molar-refractivity contribution in [1.82, 2.24) is 15.4 Å². The van der Waals surface area contributed by atoms with Gasteiger partial charge >= 0.3 is 0 Å². The molecule has 1 aliphatic heterocycles. The molecule has 0 spiro atoms. The molecule has 1 aliphatic carbocycles. The highest BCUT2D eigenvalue weighted by atomic mass is 35.5. The quantitative estimate of drug-likeness (QED) is 0.880. The Kier molecular flexibility index (Phi) is 4.71. The summed E-state index contributed by atoms with van der Waals surface area (Å²) in [6, 6.07) is 5.24. The zero-order valence-corrected chi connectivity index (χ0v) is 15.4. The number of aromatic nitrogens is 1. The molecule has 4 rings (SSSR count). The van der Waals surface area contributed by atoms with Crippen LogP contribution >= 0.6 is 11.6 Å². The molecule has 138 valence electrons. The Morgan fingerprint density at radius 3 is 2.69 bits per heavy atom. The second-order valence-electron chi connectivity index (χ2n) is 7.07. The maximum absolute atomic E-state index is 14.3. The van der Waals surface area contributed by atoms with Gasteiger partial charge in [0.1, 0.15) is 22.8 Å². The summed E-state index contributed by atoms with van der Waals surface area (Å²) in [5.74, 6) is -0.465. The van der Waals surface area contributed by atoms with Crippen LogP contribution in [0.3, 0.4) is 0 Å². The summed E-state index contributed by atoms with van der Waals surface area (Å²) in [4.78, 5) is 15.3. The lowest BCUT2D eigenvalue weighted by Gasteiger charge is -2.32. The monoisotopic (exact) mass is 377 g/mol. The zero-order valence-electron chi connectivity index (χ0n) is 14.6. The number of hydrogen-bond donors (Lipinski definition) is 1. The first-order chi connectivity index (χ1) is 12.5. The van der Waals surface area contributed by atoms with E-state index in [2.05, 4.69) is 15.4 Å². The van der Waals surface area contributed by atoms with Crippen molar-refractivity contribution in [1.29, 1.82) is 0 Å². The standard InChI is InChI=1S/C19H21ClFN3O2/c1-11-16(18(23-26-11)17-14(20)3-2-4-15(17)21)19(25)22-12-7-9-24(10-8-12)13-5-6-13/h2-4,12-13H,5-10H2,1H3,(H,22,25). The van der Waals surface area contributed by atoms with Gasteiger partial charge in [0.25, 0.3) is 5.91 Å². The molecule has 2 aliphatic rings. The topological polar surface area (TPSA) is 58.4 Å². The second-order valence-corrected chi connectivity index (χ2v) is 7.48. The van der Waals surface area contributed by atoms with Crippen LogP contribution in [0.5, 0.6) is 0 Å². The smallest absolute Gasteiger partial charge is 0.257 e. The van der Waals surface area contributed by atoms with Gasteiger partial charge in [-0.25, -0.2) is 4.39 Å². The minimum absolute atomic E-state index is 0.0970. The van der Waals surface area contributed by atoms with Gasteiger partial charge in [-0.1, -0.05) is 22.8 Å². The summed E-state index contributed by atoms with van der Waals surface area (Å²) >= 11 is 6.13. The number of nitrogens with zero attached hydrogens (tertiary/aromatic N) is 2. The molecule has 1 N–H and O–H groups in total. The lowest BCUT2D eigenvalue weighted by molar-refractivity contribution is 0.0908. The first-order valence-electron chi connectivity index (χ1n) is 9.00. The Balaban J connectivity index is 1.52. The van der Waals surface area contributed by atoms with Crippen molar-refractivity contribution in [2.24, 2.45) is 0 Å². The molecule has 1 amide bonds. The molecule has 2 aromatic rings. The highest BCUT2D eigenvalue weighted by Crippen LogP contribution is 2.34. The van der Waals surface area contributed by atoms with Gasteiger partial charge in [0.05, 0.1) is 10.6 Å². The molecular formula is C19H21ClFN3O2. The summed E-state index contributed by atoms with van der Waals surface area (Å²) in [6.07, 6.45) is 4.43. The predicted octanol–water partition coefficient (Wildman–Crippen LogP) is 3.80. The van der Waals surface area contributed by atoms with Gasteiger partial charge < -0.3 is 14.7 Å². The largest absolute Gasteiger partial charge is 0.360 e. The Labute approximate surface area is 156 Å². The Hall–Kier alpha value is -1.92. The Bertz CT molecular complexity index is 806. The van der Waals surface area contributed by atoms with Crippen molar-refractivity contribution < 1.29 is 13.7 Å². The third kappa shape index (κ3) is 3.35. The van der Waals surface area contributed by atoms with E-state index in [0.717, 1.165) is 32.0 Å². The molecule has 7 heteroatoms. The van der Waals surface area contributed by atoms with Crippen molar-refractivity contribution in [2.75, 3.05) is 13.1 Å². The molecule has 2 heterocycles. The van der Waals surface area contributed by atoms with Crippen LogP contribution < -0.4 is 5.32 Å². The van der Waals surface area contributed by atoms with E-state index in [0.29, 0.717) is 5.76 Å². The van der Waals surface area contributed by atoms with Crippen molar-refractivity contribution in [3.63, 3.8) is 0 Å². The number of carbonyl (C=O) groups excluding carboxylic acids is 1. The lowest BCUT2D eigenvalue weighted by atomic mass is 10.0. The maximum atomic E-state index is 14.3. The third-order valence-electron chi connectivity index (χ3n) is 5.22. The van der Waals surface area contributed by atoms with Gasteiger partial charge in [-0.15, -0.1) is 0 Å². The highest BCUT2D eigenvalue weighted by Gasteiger charge is 2.33. The highest BCUT2D eigenvalue weighted by molar-refractivity contribution is 6.33. The number of rotatable bonds is 4. The SMILES string of the molecule is Cc1onc(-c2c(F)cccc2Cl)c1C(=O)NC1CCN(C2CC2)CC1. The molecule has 0 bridgehead atoms. The van der Waals surface area contributed by atoms with Crippen LogP contribution in [0.25, 0.3) is 11.3 Å². The molecule has 5 nitrogen and oxygen atoms in total. The van der Waals surface area contributed by atoms with Gasteiger partial charge in [-0.3, -0.25) is 4.79 Å². The number of halogens is 2. The van der Waals surface area contributed by atoms with Crippen LogP contribution in [-0.2, 0) is 0 Å². The van der Waals surface area contributed by atoms with Crippen molar-refractivity contribution in [3.05, 3.63) is 40.4 Å². The van der Waals surface area contributed by atoms with E-state index in [9.17, 15) is 9.18 Å².